The van der Waals surface area contributed by atoms with E-state index in [9.17, 15) is 0 Å². The molecular formula is C19H19NO3. The van der Waals surface area contributed by atoms with Crippen molar-refractivity contribution in [3.63, 3.8) is 0 Å². The summed E-state index contributed by atoms with van der Waals surface area (Å²) in [6.07, 6.45) is 4.05. The Morgan fingerprint density at radius 1 is 1.13 bits per heavy atom. The minimum atomic E-state index is 0.721. The van der Waals surface area contributed by atoms with Crippen LogP contribution in [0.1, 0.15) is 25.5 Å². The second-order valence-corrected chi connectivity index (χ2v) is 5.94. The van der Waals surface area contributed by atoms with E-state index in [-0.39, 0.29) is 0 Å². The highest BCUT2D eigenvalue weighted by molar-refractivity contribution is 5.76. The lowest BCUT2D eigenvalue weighted by Crippen LogP contribution is -2.25. The van der Waals surface area contributed by atoms with E-state index in [2.05, 4.69) is 17.9 Å². The zero-order chi connectivity index (χ0) is 16.0. The molecule has 1 aliphatic heterocycles. The van der Waals surface area contributed by atoms with E-state index >= 15 is 0 Å². The summed E-state index contributed by atoms with van der Waals surface area (Å²) in [5.41, 5.74) is 3.41. The lowest BCUT2D eigenvalue weighted by molar-refractivity contribution is 0.397. The number of fused-ring (bicyclic) bond motifs is 1. The Balaban J connectivity index is 1.94. The molecule has 0 amide bonds. The van der Waals surface area contributed by atoms with Crippen molar-refractivity contribution in [3.8, 4) is 11.5 Å². The number of hydrogen-bond acceptors (Lipinski definition) is 4. The van der Waals surface area contributed by atoms with Crippen LogP contribution in [0.4, 0.5) is 11.6 Å². The molecule has 1 aliphatic carbocycles. The van der Waals surface area contributed by atoms with Gasteiger partial charge in [0.05, 0.1) is 18.5 Å². The predicted octanol–water partition coefficient (Wildman–Crippen LogP) is 5.08. The van der Waals surface area contributed by atoms with Crippen molar-refractivity contribution in [2.24, 2.45) is 0 Å². The van der Waals surface area contributed by atoms with Crippen LogP contribution in [0, 0.1) is 6.92 Å². The summed E-state index contributed by atoms with van der Waals surface area (Å²) in [6.45, 7) is 4.07. The molecular weight excluding hydrogens is 290 g/mol. The third-order valence-electron chi connectivity index (χ3n) is 4.24. The number of hydrogen-bond donors (Lipinski definition) is 0. The number of rotatable bonds is 2. The van der Waals surface area contributed by atoms with Gasteiger partial charge in [-0.2, -0.15) is 0 Å². The molecule has 118 valence electrons. The summed E-state index contributed by atoms with van der Waals surface area (Å²) < 4.78 is 17.6. The van der Waals surface area contributed by atoms with Crippen LogP contribution in [0.5, 0.6) is 11.5 Å². The molecule has 2 aliphatic rings. The Kier molecular flexibility index (Phi) is 3.18. The molecule has 4 rings (SSSR count). The van der Waals surface area contributed by atoms with Crippen molar-refractivity contribution in [2.45, 2.75) is 26.7 Å². The first kappa shape index (κ1) is 14.0. The van der Waals surface area contributed by atoms with Crippen LogP contribution in [0.15, 0.2) is 57.9 Å². The molecule has 0 spiro atoms. The van der Waals surface area contributed by atoms with E-state index < -0.39 is 0 Å². The third-order valence-corrected chi connectivity index (χ3v) is 4.24. The number of methoxy groups -OCH3 is 1. The fourth-order valence-corrected chi connectivity index (χ4v) is 3.15. The second-order valence-electron chi connectivity index (χ2n) is 5.94. The van der Waals surface area contributed by atoms with Crippen LogP contribution in [0.25, 0.3) is 0 Å². The molecule has 0 radical (unpaired) electrons. The van der Waals surface area contributed by atoms with Gasteiger partial charge in [-0.25, -0.2) is 0 Å². The van der Waals surface area contributed by atoms with Gasteiger partial charge in [0.15, 0.2) is 5.75 Å². The Morgan fingerprint density at radius 2 is 1.96 bits per heavy atom. The molecule has 0 unspecified atom stereocenters. The second kappa shape index (κ2) is 5.23. The van der Waals surface area contributed by atoms with Gasteiger partial charge >= 0.3 is 0 Å². The lowest BCUT2D eigenvalue weighted by atomic mass is 10.00. The third kappa shape index (κ3) is 2.22. The standard InChI is InChI=1S/C19H19NO3/c1-12-8-9-15-17(10-12)23-18-11-13(2)22-19(18)20(15)14-6-4-5-7-16(14)21-3/h4-7,10-11H,8-9H2,1-3H3. The molecule has 1 aromatic heterocycles. The monoisotopic (exact) mass is 309 g/mol. The largest absolute Gasteiger partial charge is 0.495 e. The first-order chi connectivity index (χ1) is 11.2. The first-order valence-corrected chi connectivity index (χ1v) is 7.79. The van der Waals surface area contributed by atoms with Gasteiger partial charge in [-0.15, -0.1) is 0 Å². The molecule has 4 heteroatoms. The average Bonchev–Trinajstić information content (AvgIpc) is 2.92. The summed E-state index contributed by atoms with van der Waals surface area (Å²) >= 11 is 0. The van der Waals surface area contributed by atoms with Crippen LogP contribution in [-0.2, 0) is 0 Å². The van der Waals surface area contributed by atoms with Crippen LogP contribution in [-0.4, -0.2) is 7.11 Å². The van der Waals surface area contributed by atoms with Crippen LogP contribution in [0.2, 0.25) is 0 Å². The molecule has 0 atom stereocenters. The van der Waals surface area contributed by atoms with Crippen molar-refractivity contribution in [1.29, 1.82) is 0 Å². The van der Waals surface area contributed by atoms with Crippen molar-refractivity contribution < 1.29 is 13.9 Å². The van der Waals surface area contributed by atoms with Gasteiger partial charge in [-0.05, 0) is 44.9 Å². The van der Waals surface area contributed by atoms with Gasteiger partial charge in [0.2, 0.25) is 5.88 Å². The number of ether oxygens (including phenoxy) is 2. The van der Waals surface area contributed by atoms with E-state index in [0.717, 1.165) is 53.1 Å². The fourth-order valence-electron chi connectivity index (χ4n) is 3.15. The quantitative estimate of drug-likeness (QED) is 0.775. The topological polar surface area (TPSA) is 34.8 Å². The molecule has 1 aromatic carbocycles. The normalized spacial score (nSPS) is 16.5. The van der Waals surface area contributed by atoms with E-state index in [0.29, 0.717) is 0 Å². The van der Waals surface area contributed by atoms with Gasteiger partial charge in [-0.1, -0.05) is 17.7 Å². The maximum atomic E-state index is 6.08. The Morgan fingerprint density at radius 3 is 2.78 bits per heavy atom. The van der Waals surface area contributed by atoms with E-state index in [1.807, 2.05) is 37.3 Å². The fraction of sp³-hybridized carbons (Fsp3) is 0.263. The molecule has 23 heavy (non-hydrogen) atoms. The molecule has 2 heterocycles. The first-order valence-electron chi connectivity index (χ1n) is 7.79. The highest BCUT2D eigenvalue weighted by Gasteiger charge is 2.33. The highest BCUT2D eigenvalue weighted by Crippen LogP contribution is 2.49. The van der Waals surface area contributed by atoms with Crippen molar-refractivity contribution >= 4 is 11.6 Å². The van der Waals surface area contributed by atoms with E-state index in [4.69, 9.17) is 13.9 Å². The maximum Gasteiger partial charge on any atom is 0.248 e. The van der Waals surface area contributed by atoms with Crippen LogP contribution >= 0.6 is 0 Å². The summed E-state index contributed by atoms with van der Waals surface area (Å²) in [5.74, 6) is 4.01. The Hall–Kier alpha value is -2.62. The molecule has 0 saturated carbocycles. The Labute approximate surface area is 135 Å². The summed E-state index contributed by atoms with van der Waals surface area (Å²) in [5, 5.41) is 0. The SMILES string of the molecule is COc1ccccc1N1C2=C(C=C(C)CC2)Oc2cc(C)oc21. The number of anilines is 2. The average molecular weight is 309 g/mol. The zero-order valence-corrected chi connectivity index (χ0v) is 13.6. The van der Waals surface area contributed by atoms with E-state index in [1.165, 1.54) is 5.57 Å². The number of benzene rings is 1. The molecule has 0 N–H and O–H groups in total. The Bertz CT molecular complexity index is 829. The number of nitrogens with zero attached hydrogens (tertiary/aromatic N) is 1. The van der Waals surface area contributed by atoms with E-state index in [1.54, 1.807) is 7.11 Å². The minimum absolute atomic E-state index is 0.721. The van der Waals surface area contributed by atoms with Crippen LogP contribution < -0.4 is 14.4 Å². The molecule has 2 aromatic rings. The summed E-state index contributed by atoms with van der Waals surface area (Å²) in [4.78, 5) is 2.13. The van der Waals surface area contributed by atoms with Crippen LogP contribution in [0.3, 0.4) is 0 Å². The van der Waals surface area contributed by atoms with Crippen molar-refractivity contribution in [3.05, 3.63) is 59.2 Å². The molecule has 4 nitrogen and oxygen atoms in total. The maximum absolute atomic E-state index is 6.08. The summed E-state index contributed by atoms with van der Waals surface area (Å²) in [7, 11) is 1.69. The number of para-hydroxylation sites is 2. The molecule has 0 fully saturated rings. The van der Waals surface area contributed by atoms with Gasteiger partial charge < -0.3 is 13.9 Å². The number of allylic oxidation sites excluding steroid dienone is 3. The minimum Gasteiger partial charge on any atom is -0.495 e. The highest BCUT2D eigenvalue weighted by atomic mass is 16.5. The van der Waals surface area contributed by atoms with Gasteiger partial charge in [0.1, 0.15) is 17.3 Å². The van der Waals surface area contributed by atoms with Gasteiger partial charge in [-0.3, -0.25) is 4.90 Å². The predicted molar refractivity (Wildman–Crippen MR) is 89.2 cm³/mol. The summed E-state index contributed by atoms with van der Waals surface area (Å²) in [6, 6.07) is 9.91. The number of furan rings is 1. The lowest BCUT2D eigenvalue weighted by Gasteiger charge is -2.33. The smallest absolute Gasteiger partial charge is 0.248 e. The molecule has 0 saturated heterocycles. The van der Waals surface area contributed by atoms with Gasteiger partial charge in [0.25, 0.3) is 0 Å². The zero-order valence-electron chi connectivity index (χ0n) is 13.6. The van der Waals surface area contributed by atoms with Crippen molar-refractivity contribution in [1.82, 2.24) is 0 Å². The van der Waals surface area contributed by atoms with Gasteiger partial charge in [0, 0.05) is 6.07 Å². The molecule has 0 bridgehead atoms. The van der Waals surface area contributed by atoms with Crippen molar-refractivity contribution in [2.75, 3.05) is 12.0 Å². The number of aryl methyl sites for hydroxylation is 1.